The van der Waals surface area contributed by atoms with Crippen LogP contribution in [0, 0.1) is 12.7 Å². The van der Waals surface area contributed by atoms with Crippen LogP contribution < -0.4 is 5.32 Å². The Morgan fingerprint density at radius 3 is 2.24 bits per heavy atom. The van der Waals surface area contributed by atoms with Crippen molar-refractivity contribution in [1.29, 1.82) is 0 Å². The number of aromatic nitrogens is 3. The molecule has 10 nitrogen and oxygen atoms in total. The summed E-state index contributed by atoms with van der Waals surface area (Å²) in [7, 11) is 0. The summed E-state index contributed by atoms with van der Waals surface area (Å²) in [5, 5.41) is 9.10. The van der Waals surface area contributed by atoms with E-state index in [-0.39, 0.29) is 5.52 Å². The molecule has 14 heteroatoms. The minimum Gasteiger partial charge on any atom is -0.424 e. The van der Waals surface area contributed by atoms with Gasteiger partial charge in [0.25, 0.3) is 0 Å². The lowest BCUT2D eigenvalue weighted by atomic mass is 9.96. The maximum Gasteiger partial charge on any atom is 0.421 e. The first-order valence-corrected chi connectivity index (χ1v) is 21.0. The van der Waals surface area contributed by atoms with Crippen molar-refractivity contribution in [3.8, 4) is 16.9 Å². The second-order valence-electron chi connectivity index (χ2n) is 16.5. The van der Waals surface area contributed by atoms with E-state index >= 15 is 4.39 Å². The number of carbonyl (C=O) groups is 2. The number of fused-ring (bicyclic) bond motifs is 2. The summed E-state index contributed by atoms with van der Waals surface area (Å²) in [5.41, 5.74) is 7.41. The lowest BCUT2D eigenvalue weighted by Crippen LogP contribution is -2.42. The van der Waals surface area contributed by atoms with Gasteiger partial charge >= 0.3 is 18.2 Å². The number of para-hydroxylation sites is 1. The van der Waals surface area contributed by atoms with Gasteiger partial charge in [-0.1, -0.05) is 50.2 Å². The Morgan fingerprint density at radius 2 is 1.58 bits per heavy atom. The van der Waals surface area contributed by atoms with Gasteiger partial charge in [0.1, 0.15) is 5.82 Å². The first kappa shape index (κ1) is 42.8. The minimum absolute atomic E-state index is 0.0191. The average molecular weight is 851 g/mol. The number of aryl methyl sites for hydroxylation is 3. The number of nitrogens with one attached hydrogen (secondary N) is 1. The molecule has 0 aliphatic carbocycles. The van der Waals surface area contributed by atoms with Gasteiger partial charge in [0.2, 0.25) is 6.79 Å². The number of alkyl halides is 3. The Balaban J connectivity index is 1.10. The van der Waals surface area contributed by atoms with E-state index < -0.39 is 42.0 Å². The lowest BCUT2D eigenvalue weighted by molar-refractivity contribution is -0.137. The number of rotatable bonds is 11. The van der Waals surface area contributed by atoms with Gasteiger partial charge in [-0.25, -0.2) is 23.2 Å². The molecule has 4 aromatic carbocycles. The molecule has 324 valence electrons. The molecule has 0 atom stereocenters. The first-order chi connectivity index (χ1) is 29.7. The van der Waals surface area contributed by atoms with E-state index in [1.807, 2.05) is 22.9 Å². The summed E-state index contributed by atoms with van der Waals surface area (Å²) >= 11 is 0. The van der Waals surface area contributed by atoms with Crippen LogP contribution in [0.5, 0.6) is 0 Å². The number of ether oxygens (including phenoxy) is 2. The van der Waals surface area contributed by atoms with E-state index in [4.69, 9.17) is 14.6 Å². The molecular weight excluding hydrogens is 801 g/mol. The second-order valence-corrected chi connectivity index (χ2v) is 16.5. The number of piperazine rings is 1. The SMILES string of the molecule is CCc1cccc(CC)c1-n1nc2c(c1-c1ccc(F)c3c1ccn3C(=O)OCOC(=O)c1ccc(CN3CCNCC3)cc1)CN(Cc1ccc(C(F)(F)F)cc1C)C2(C)C. The van der Waals surface area contributed by atoms with E-state index in [0.717, 1.165) is 101 Å². The predicted molar refractivity (Wildman–Crippen MR) is 228 cm³/mol. The molecule has 1 N–H and O–H groups in total. The summed E-state index contributed by atoms with van der Waals surface area (Å²) < 4.78 is 70.3. The van der Waals surface area contributed by atoms with Crippen molar-refractivity contribution in [3.63, 3.8) is 0 Å². The van der Waals surface area contributed by atoms with Crippen LogP contribution in [0.1, 0.15) is 82.7 Å². The standard InChI is InChI=1S/C48H50F4N6O4/c1-6-32-9-8-10-33(7-2)41(32)58-42(39-28-56(47(4,5)44(39)54-58)27-35-15-16-36(25-30(35)3)48(50,51)52)37-17-18-40(49)43-38(37)19-22-57(43)46(60)62-29-61-45(59)34-13-11-31(12-14-34)26-55-23-20-53-21-24-55/h8-19,22,25,53H,6-7,20-21,23-24,26-29H2,1-5H3. The van der Waals surface area contributed by atoms with Crippen LogP contribution in [0.2, 0.25) is 0 Å². The Bertz CT molecular complexity index is 2620. The molecule has 62 heavy (non-hydrogen) atoms. The molecule has 0 saturated carbocycles. The molecule has 0 bridgehead atoms. The molecule has 4 heterocycles. The normalized spacial score (nSPS) is 15.6. The van der Waals surface area contributed by atoms with E-state index in [0.29, 0.717) is 35.2 Å². The highest BCUT2D eigenvalue weighted by molar-refractivity contribution is 6.00. The smallest absolute Gasteiger partial charge is 0.421 e. The third kappa shape index (κ3) is 8.14. The average Bonchev–Trinajstić information content (AvgIpc) is 3.94. The Morgan fingerprint density at radius 1 is 0.871 bits per heavy atom. The maximum atomic E-state index is 16.0. The number of nitrogens with zero attached hydrogens (tertiary/aromatic N) is 5. The molecule has 2 aromatic heterocycles. The van der Waals surface area contributed by atoms with Gasteiger partial charge in [0.05, 0.1) is 39.3 Å². The Labute approximate surface area is 358 Å². The lowest BCUT2D eigenvalue weighted by Gasteiger charge is -2.32. The molecule has 6 aromatic rings. The number of hydrogen-bond acceptors (Lipinski definition) is 8. The molecule has 1 fully saturated rings. The van der Waals surface area contributed by atoms with Crippen molar-refractivity contribution in [2.75, 3.05) is 33.0 Å². The third-order valence-corrected chi connectivity index (χ3v) is 12.3. The molecule has 2 aliphatic heterocycles. The van der Waals surface area contributed by atoms with Crippen LogP contribution >= 0.6 is 0 Å². The van der Waals surface area contributed by atoms with Gasteiger partial charge in [0.15, 0.2) is 0 Å². The van der Waals surface area contributed by atoms with Crippen molar-refractivity contribution in [1.82, 2.24) is 29.5 Å². The van der Waals surface area contributed by atoms with Crippen molar-refractivity contribution < 1.29 is 36.6 Å². The highest BCUT2D eigenvalue weighted by Gasteiger charge is 2.44. The fourth-order valence-corrected chi connectivity index (χ4v) is 8.80. The molecule has 0 unspecified atom stereocenters. The summed E-state index contributed by atoms with van der Waals surface area (Å²) in [6.07, 6.45) is -2.50. The van der Waals surface area contributed by atoms with E-state index in [9.17, 15) is 22.8 Å². The van der Waals surface area contributed by atoms with Gasteiger partial charge in [-0.3, -0.25) is 9.80 Å². The summed E-state index contributed by atoms with van der Waals surface area (Å²) in [5.74, 6) is -1.32. The molecule has 0 spiro atoms. The van der Waals surface area contributed by atoms with Crippen LogP contribution in [0.25, 0.3) is 27.8 Å². The summed E-state index contributed by atoms with van der Waals surface area (Å²) in [6.45, 7) is 14.6. The van der Waals surface area contributed by atoms with Gasteiger partial charge in [-0.05, 0) is 104 Å². The van der Waals surface area contributed by atoms with Crippen molar-refractivity contribution >= 4 is 23.0 Å². The Hall–Kier alpha value is -5.83. The number of hydrogen-bond donors (Lipinski definition) is 1. The van der Waals surface area contributed by atoms with E-state index in [2.05, 4.69) is 54.9 Å². The number of benzene rings is 4. The Kier molecular flexibility index (Phi) is 11.8. The zero-order valence-electron chi connectivity index (χ0n) is 35.5. The summed E-state index contributed by atoms with van der Waals surface area (Å²) in [4.78, 5) is 31.0. The molecule has 2 aliphatic rings. The zero-order valence-corrected chi connectivity index (χ0v) is 35.5. The minimum atomic E-state index is -4.45. The van der Waals surface area contributed by atoms with Crippen LogP contribution in [-0.2, 0) is 53.7 Å². The van der Waals surface area contributed by atoms with Crippen LogP contribution in [-0.4, -0.2) is 69.2 Å². The van der Waals surface area contributed by atoms with Crippen LogP contribution in [0.3, 0.4) is 0 Å². The molecule has 1 saturated heterocycles. The number of esters is 1. The van der Waals surface area contributed by atoms with Gasteiger partial charge < -0.3 is 14.8 Å². The first-order valence-electron chi connectivity index (χ1n) is 21.0. The highest BCUT2D eigenvalue weighted by Crippen LogP contribution is 2.47. The van der Waals surface area contributed by atoms with Crippen molar-refractivity contribution in [2.45, 2.75) is 78.8 Å². The monoisotopic (exact) mass is 850 g/mol. The molecule has 0 amide bonds. The van der Waals surface area contributed by atoms with E-state index in [1.54, 1.807) is 31.2 Å². The zero-order chi connectivity index (χ0) is 43.9. The van der Waals surface area contributed by atoms with Gasteiger partial charge in [0, 0.05) is 68.5 Å². The fourth-order valence-electron chi connectivity index (χ4n) is 8.80. The topological polar surface area (TPSA) is 93.9 Å². The number of halogens is 4. The third-order valence-electron chi connectivity index (χ3n) is 12.3. The second kappa shape index (κ2) is 17.1. The summed E-state index contributed by atoms with van der Waals surface area (Å²) in [6, 6.07) is 21.8. The van der Waals surface area contributed by atoms with Crippen molar-refractivity contribution in [2.24, 2.45) is 0 Å². The van der Waals surface area contributed by atoms with Crippen molar-refractivity contribution in [3.05, 3.63) is 141 Å². The highest BCUT2D eigenvalue weighted by atomic mass is 19.4. The van der Waals surface area contributed by atoms with Gasteiger partial charge in [-0.2, -0.15) is 18.3 Å². The molecule has 0 radical (unpaired) electrons. The van der Waals surface area contributed by atoms with E-state index in [1.165, 1.54) is 24.4 Å². The largest absolute Gasteiger partial charge is 0.424 e. The molecule has 8 rings (SSSR count). The number of carbonyl (C=O) groups excluding carboxylic acids is 2. The van der Waals surface area contributed by atoms with Crippen LogP contribution in [0.4, 0.5) is 22.4 Å². The predicted octanol–water partition coefficient (Wildman–Crippen LogP) is 9.54. The van der Waals surface area contributed by atoms with Gasteiger partial charge in [-0.15, -0.1) is 0 Å². The fraction of sp³-hybridized carbons (Fsp3) is 0.354. The molecular formula is C48H50F4N6O4. The maximum absolute atomic E-state index is 16.0. The van der Waals surface area contributed by atoms with Crippen LogP contribution in [0.15, 0.2) is 85.1 Å². The quantitative estimate of drug-likeness (QED) is 0.0784.